The van der Waals surface area contributed by atoms with Crippen LogP contribution >= 0.6 is 11.6 Å². The average molecular weight is 286 g/mol. The van der Waals surface area contributed by atoms with Gasteiger partial charge >= 0.3 is 0 Å². The normalized spacial score (nSPS) is 12.9. The number of nitrogens with one attached hydrogen (secondary N) is 1. The van der Waals surface area contributed by atoms with Gasteiger partial charge in [-0.15, -0.1) is 0 Å². The average Bonchev–Trinajstić information content (AvgIpc) is 2.33. The van der Waals surface area contributed by atoms with Gasteiger partial charge in [0.1, 0.15) is 5.82 Å². The standard InChI is InChI=1S/C16H25ClFN/c1-4-7-19-11-13(8-12(2)3)9-14-10-15(17)5-6-16(14)18/h5-6,10,12-13,19H,4,7-9,11H2,1-3H3. The number of hydrogen-bond donors (Lipinski definition) is 1. The molecule has 0 aliphatic carbocycles. The van der Waals surface area contributed by atoms with Crippen molar-refractivity contribution in [1.29, 1.82) is 0 Å². The summed E-state index contributed by atoms with van der Waals surface area (Å²) in [5.74, 6) is 0.934. The molecule has 1 aromatic carbocycles. The van der Waals surface area contributed by atoms with E-state index >= 15 is 0 Å². The molecule has 1 N–H and O–H groups in total. The summed E-state index contributed by atoms with van der Waals surface area (Å²) in [6.45, 7) is 8.54. The predicted molar refractivity (Wildman–Crippen MR) is 81.2 cm³/mol. The number of benzene rings is 1. The van der Waals surface area contributed by atoms with Crippen molar-refractivity contribution in [2.24, 2.45) is 11.8 Å². The van der Waals surface area contributed by atoms with Crippen LogP contribution in [0.3, 0.4) is 0 Å². The van der Waals surface area contributed by atoms with E-state index in [1.165, 1.54) is 6.07 Å². The van der Waals surface area contributed by atoms with Crippen LogP contribution in [-0.4, -0.2) is 13.1 Å². The fourth-order valence-corrected chi connectivity index (χ4v) is 2.59. The minimum absolute atomic E-state index is 0.145. The maximum absolute atomic E-state index is 13.8. The Hall–Kier alpha value is -0.600. The van der Waals surface area contributed by atoms with E-state index in [9.17, 15) is 4.39 Å². The van der Waals surface area contributed by atoms with E-state index in [1.54, 1.807) is 12.1 Å². The number of halogens is 2. The Morgan fingerprint density at radius 3 is 2.68 bits per heavy atom. The minimum atomic E-state index is -0.145. The van der Waals surface area contributed by atoms with Crippen LogP contribution < -0.4 is 5.32 Å². The molecule has 1 aromatic rings. The quantitative estimate of drug-likeness (QED) is 0.684. The molecule has 0 fully saturated rings. The van der Waals surface area contributed by atoms with Gasteiger partial charge in [-0.25, -0.2) is 4.39 Å². The van der Waals surface area contributed by atoms with Crippen LogP contribution in [0.5, 0.6) is 0 Å². The van der Waals surface area contributed by atoms with Gasteiger partial charge in [-0.3, -0.25) is 0 Å². The highest BCUT2D eigenvalue weighted by Gasteiger charge is 2.14. The highest BCUT2D eigenvalue weighted by molar-refractivity contribution is 6.30. The van der Waals surface area contributed by atoms with Crippen LogP contribution in [-0.2, 0) is 6.42 Å². The summed E-state index contributed by atoms with van der Waals surface area (Å²) in [4.78, 5) is 0. The fraction of sp³-hybridized carbons (Fsp3) is 0.625. The molecule has 0 heterocycles. The highest BCUT2D eigenvalue weighted by atomic mass is 35.5. The SMILES string of the molecule is CCCNCC(Cc1cc(Cl)ccc1F)CC(C)C. The number of hydrogen-bond acceptors (Lipinski definition) is 1. The van der Waals surface area contributed by atoms with Gasteiger partial charge in [0.25, 0.3) is 0 Å². The topological polar surface area (TPSA) is 12.0 Å². The molecular formula is C16H25ClFN. The zero-order chi connectivity index (χ0) is 14.3. The minimum Gasteiger partial charge on any atom is -0.316 e. The Balaban J connectivity index is 2.66. The molecule has 0 amide bonds. The van der Waals surface area contributed by atoms with Crippen molar-refractivity contribution < 1.29 is 4.39 Å². The lowest BCUT2D eigenvalue weighted by atomic mass is 9.90. The number of rotatable bonds is 8. The summed E-state index contributed by atoms with van der Waals surface area (Å²) in [6, 6.07) is 4.82. The van der Waals surface area contributed by atoms with E-state index in [4.69, 9.17) is 11.6 Å². The predicted octanol–water partition coefficient (Wildman–Crippen LogP) is 4.68. The zero-order valence-electron chi connectivity index (χ0n) is 12.2. The van der Waals surface area contributed by atoms with E-state index in [-0.39, 0.29) is 5.82 Å². The van der Waals surface area contributed by atoms with Gasteiger partial charge in [-0.05, 0) is 68.0 Å². The molecule has 0 aliphatic rings. The molecule has 1 rings (SSSR count). The Labute approximate surface area is 121 Å². The lowest BCUT2D eigenvalue weighted by molar-refractivity contribution is 0.381. The first-order valence-electron chi connectivity index (χ1n) is 7.17. The molecule has 0 aromatic heterocycles. The van der Waals surface area contributed by atoms with Gasteiger partial charge in [-0.2, -0.15) is 0 Å². The smallest absolute Gasteiger partial charge is 0.126 e. The Morgan fingerprint density at radius 2 is 2.05 bits per heavy atom. The third-order valence-electron chi connectivity index (χ3n) is 3.18. The van der Waals surface area contributed by atoms with Gasteiger partial charge in [0.15, 0.2) is 0 Å². The van der Waals surface area contributed by atoms with Gasteiger partial charge < -0.3 is 5.32 Å². The maximum atomic E-state index is 13.8. The lowest BCUT2D eigenvalue weighted by Gasteiger charge is -2.20. The summed E-state index contributed by atoms with van der Waals surface area (Å²) in [5.41, 5.74) is 0.733. The summed E-state index contributed by atoms with van der Waals surface area (Å²) >= 11 is 5.95. The molecule has 1 unspecified atom stereocenters. The van der Waals surface area contributed by atoms with E-state index < -0.39 is 0 Å². The molecule has 3 heteroatoms. The van der Waals surface area contributed by atoms with Crippen molar-refractivity contribution >= 4 is 11.6 Å². The van der Waals surface area contributed by atoms with Crippen LogP contribution in [0.4, 0.5) is 4.39 Å². The summed E-state index contributed by atoms with van der Waals surface area (Å²) in [6.07, 6.45) is 2.98. The second kappa shape index (κ2) is 8.55. The zero-order valence-corrected chi connectivity index (χ0v) is 12.9. The summed E-state index contributed by atoms with van der Waals surface area (Å²) in [5, 5.41) is 4.05. The molecule has 108 valence electrons. The van der Waals surface area contributed by atoms with Crippen molar-refractivity contribution in [3.63, 3.8) is 0 Å². The molecule has 0 saturated carbocycles. The van der Waals surface area contributed by atoms with Crippen LogP contribution in [0.15, 0.2) is 18.2 Å². The van der Waals surface area contributed by atoms with Crippen molar-refractivity contribution in [2.45, 2.75) is 40.0 Å². The first-order chi connectivity index (χ1) is 9.02. The Bertz CT molecular complexity index is 379. The molecular weight excluding hydrogens is 261 g/mol. The largest absolute Gasteiger partial charge is 0.316 e. The van der Waals surface area contributed by atoms with Crippen molar-refractivity contribution in [3.05, 3.63) is 34.6 Å². The third-order valence-corrected chi connectivity index (χ3v) is 3.42. The van der Waals surface area contributed by atoms with E-state index in [2.05, 4.69) is 26.1 Å². The van der Waals surface area contributed by atoms with E-state index in [0.717, 1.165) is 37.9 Å². The van der Waals surface area contributed by atoms with Crippen LogP contribution in [0.1, 0.15) is 39.2 Å². The van der Waals surface area contributed by atoms with Crippen LogP contribution in [0.2, 0.25) is 5.02 Å². The monoisotopic (exact) mass is 285 g/mol. The van der Waals surface area contributed by atoms with Crippen LogP contribution in [0, 0.1) is 17.7 Å². The van der Waals surface area contributed by atoms with Gasteiger partial charge in [0, 0.05) is 5.02 Å². The fourth-order valence-electron chi connectivity index (χ4n) is 2.40. The molecule has 0 radical (unpaired) electrons. The Kier molecular flexibility index (Phi) is 7.40. The van der Waals surface area contributed by atoms with Crippen LogP contribution in [0.25, 0.3) is 0 Å². The first-order valence-corrected chi connectivity index (χ1v) is 7.55. The second-order valence-electron chi connectivity index (χ2n) is 5.64. The summed E-state index contributed by atoms with van der Waals surface area (Å²) < 4.78 is 13.8. The van der Waals surface area contributed by atoms with E-state index in [1.807, 2.05) is 0 Å². The maximum Gasteiger partial charge on any atom is 0.126 e. The third kappa shape index (κ3) is 6.40. The molecule has 1 atom stereocenters. The van der Waals surface area contributed by atoms with Crippen molar-refractivity contribution in [3.8, 4) is 0 Å². The van der Waals surface area contributed by atoms with Crippen molar-refractivity contribution in [1.82, 2.24) is 5.32 Å². The molecule has 19 heavy (non-hydrogen) atoms. The van der Waals surface area contributed by atoms with E-state index in [0.29, 0.717) is 16.9 Å². The van der Waals surface area contributed by atoms with Gasteiger partial charge in [0.2, 0.25) is 0 Å². The molecule has 0 spiro atoms. The van der Waals surface area contributed by atoms with Gasteiger partial charge in [0.05, 0.1) is 0 Å². The molecule has 0 saturated heterocycles. The molecule has 1 nitrogen and oxygen atoms in total. The lowest BCUT2D eigenvalue weighted by Crippen LogP contribution is -2.26. The van der Waals surface area contributed by atoms with Gasteiger partial charge in [-0.1, -0.05) is 32.4 Å². The molecule has 0 aliphatic heterocycles. The molecule has 0 bridgehead atoms. The Morgan fingerprint density at radius 1 is 1.32 bits per heavy atom. The highest BCUT2D eigenvalue weighted by Crippen LogP contribution is 2.21. The van der Waals surface area contributed by atoms with Crippen molar-refractivity contribution in [2.75, 3.05) is 13.1 Å². The summed E-state index contributed by atoms with van der Waals surface area (Å²) in [7, 11) is 0. The first kappa shape index (κ1) is 16.5. The second-order valence-corrected chi connectivity index (χ2v) is 6.08.